The number of esters is 1. The summed E-state index contributed by atoms with van der Waals surface area (Å²) < 4.78 is 37.6. The Morgan fingerprint density at radius 1 is 0.700 bits per heavy atom. The molecule has 0 aromatic heterocycles. The molecule has 9 heteroatoms. The van der Waals surface area contributed by atoms with E-state index in [1.165, 1.54) is 50.5 Å². The van der Waals surface area contributed by atoms with Gasteiger partial charge in [0.05, 0.1) is 79.3 Å². The van der Waals surface area contributed by atoms with Crippen molar-refractivity contribution in [2.45, 2.75) is 64.9 Å². The second-order valence-electron chi connectivity index (χ2n) is 9.32. The number of carbonyl (C=O) groups is 1. The van der Waals surface area contributed by atoms with Crippen LogP contribution >= 0.6 is 0 Å². The van der Waals surface area contributed by atoms with Crippen molar-refractivity contribution < 1.29 is 43.1 Å². The van der Waals surface area contributed by atoms with Crippen molar-refractivity contribution in [3.05, 3.63) is 42.0 Å². The standard InChI is InChI=1S/C31H52O9/c1-3-5-6-7-8-9-10-11-28-12-13-30(32)29(26-28)27-39-23-22-37-19-18-35-15-14-34-16-17-36-20-21-38-24-25-40-31(33)4-2/h4,12-13,26,32H,2-3,5-11,14-25,27H2,1H3. The van der Waals surface area contributed by atoms with Crippen molar-refractivity contribution in [3.63, 3.8) is 0 Å². The predicted octanol–water partition coefficient (Wildman–Crippen LogP) is 5.01. The molecule has 0 amide bonds. The van der Waals surface area contributed by atoms with E-state index in [1.54, 1.807) is 6.07 Å². The van der Waals surface area contributed by atoms with Crippen LogP contribution in [-0.2, 0) is 51.0 Å². The molecular formula is C31H52O9. The zero-order valence-corrected chi connectivity index (χ0v) is 24.6. The number of phenolic OH excluding ortho intramolecular Hbond substituents is 1. The first-order valence-corrected chi connectivity index (χ1v) is 14.7. The van der Waals surface area contributed by atoms with Crippen LogP contribution in [0.2, 0.25) is 0 Å². The number of rotatable bonds is 29. The number of carbonyl (C=O) groups excluding carboxylic acids is 1. The van der Waals surface area contributed by atoms with E-state index in [4.69, 9.17) is 33.2 Å². The van der Waals surface area contributed by atoms with Gasteiger partial charge in [-0.3, -0.25) is 0 Å². The Balaban J connectivity index is 1.87. The van der Waals surface area contributed by atoms with Gasteiger partial charge in [0.1, 0.15) is 12.4 Å². The van der Waals surface area contributed by atoms with Crippen molar-refractivity contribution in [1.29, 1.82) is 0 Å². The minimum Gasteiger partial charge on any atom is -0.508 e. The maximum atomic E-state index is 10.8. The zero-order valence-electron chi connectivity index (χ0n) is 24.6. The van der Waals surface area contributed by atoms with Gasteiger partial charge >= 0.3 is 5.97 Å². The van der Waals surface area contributed by atoms with Crippen molar-refractivity contribution in [1.82, 2.24) is 0 Å². The second kappa shape index (κ2) is 27.2. The van der Waals surface area contributed by atoms with Gasteiger partial charge in [-0.05, 0) is 30.5 Å². The van der Waals surface area contributed by atoms with Gasteiger partial charge in [0.25, 0.3) is 0 Å². The minimum atomic E-state index is -0.456. The maximum absolute atomic E-state index is 10.8. The van der Waals surface area contributed by atoms with Crippen molar-refractivity contribution in [2.24, 2.45) is 0 Å². The Morgan fingerprint density at radius 2 is 1.18 bits per heavy atom. The molecule has 0 radical (unpaired) electrons. The molecule has 1 aromatic carbocycles. The van der Waals surface area contributed by atoms with Gasteiger partial charge in [-0.2, -0.15) is 0 Å². The number of aromatic hydroxyl groups is 1. The molecule has 0 unspecified atom stereocenters. The summed E-state index contributed by atoms with van der Waals surface area (Å²) in [6.45, 7) is 11.2. The highest BCUT2D eigenvalue weighted by molar-refractivity contribution is 5.81. The Kier molecular flexibility index (Phi) is 24.5. The molecule has 9 nitrogen and oxygen atoms in total. The summed E-state index contributed by atoms with van der Waals surface area (Å²) in [5.74, 6) is -0.177. The van der Waals surface area contributed by atoms with Crippen LogP contribution in [0, 0.1) is 0 Å². The summed E-state index contributed by atoms with van der Waals surface area (Å²) >= 11 is 0. The van der Waals surface area contributed by atoms with Crippen LogP contribution in [0.1, 0.15) is 63.0 Å². The van der Waals surface area contributed by atoms with Crippen LogP contribution in [0.5, 0.6) is 5.75 Å². The van der Waals surface area contributed by atoms with Crippen LogP contribution in [0.3, 0.4) is 0 Å². The number of hydrogen-bond acceptors (Lipinski definition) is 9. The average molecular weight is 569 g/mol. The molecule has 0 atom stereocenters. The maximum Gasteiger partial charge on any atom is 0.330 e. The van der Waals surface area contributed by atoms with Crippen LogP contribution in [0.15, 0.2) is 30.9 Å². The lowest BCUT2D eigenvalue weighted by atomic mass is 10.0. The first-order chi connectivity index (χ1) is 19.7. The summed E-state index contributed by atoms with van der Waals surface area (Å²) in [7, 11) is 0. The zero-order chi connectivity index (χ0) is 28.9. The fourth-order valence-corrected chi connectivity index (χ4v) is 3.74. The molecule has 0 spiro atoms. The highest BCUT2D eigenvalue weighted by Crippen LogP contribution is 2.21. The van der Waals surface area contributed by atoms with E-state index in [9.17, 15) is 9.90 Å². The van der Waals surface area contributed by atoms with Crippen LogP contribution < -0.4 is 0 Å². The second-order valence-corrected chi connectivity index (χ2v) is 9.32. The van der Waals surface area contributed by atoms with Gasteiger partial charge in [0.15, 0.2) is 0 Å². The van der Waals surface area contributed by atoms with E-state index in [-0.39, 0.29) is 12.4 Å². The molecule has 0 saturated heterocycles. The van der Waals surface area contributed by atoms with Gasteiger partial charge in [-0.15, -0.1) is 0 Å². The molecule has 0 aliphatic heterocycles. The number of benzene rings is 1. The number of phenols is 1. The van der Waals surface area contributed by atoms with E-state index in [1.807, 2.05) is 6.07 Å². The molecule has 0 bridgehead atoms. The van der Waals surface area contributed by atoms with Gasteiger partial charge < -0.3 is 38.3 Å². The van der Waals surface area contributed by atoms with Crippen molar-refractivity contribution in [2.75, 3.05) is 79.3 Å². The average Bonchev–Trinajstić information content (AvgIpc) is 2.96. The number of ether oxygens (including phenoxy) is 7. The Labute approximate surface area is 241 Å². The lowest BCUT2D eigenvalue weighted by Gasteiger charge is -2.10. The molecule has 0 fully saturated rings. The molecule has 0 aliphatic rings. The SMILES string of the molecule is C=CC(=O)OCCOCCOCCOCCOCCOCCOCc1cc(CCCCCCCCC)ccc1O. The Hall–Kier alpha value is -2.01. The summed E-state index contributed by atoms with van der Waals surface area (Å²) in [6, 6.07) is 5.83. The topological polar surface area (TPSA) is 102 Å². The molecular weight excluding hydrogens is 516 g/mol. The molecule has 1 aromatic rings. The number of hydrogen-bond donors (Lipinski definition) is 1. The number of aryl methyl sites for hydroxylation is 1. The Morgan fingerprint density at radius 3 is 1.70 bits per heavy atom. The summed E-state index contributed by atoms with van der Waals surface area (Å²) in [6.07, 6.45) is 11.2. The van der Waals surface area contributed by atoms with Gasteiger partial charge in [-0.25, -0.2) is 4.79 Å². The molecule has 1 rings (SSSR count). The first-order valence-electron chi connectivity index (χ1n) is 14.7. The van der Waals surface area contributed by atoms with Crippen molar-refractivity contribution in [3.8, 4) is 5.75 Å². The highest BCUT2D eigenvalue weighted by atomic mass is 16.6. The van der Waals surface area contributed by atoms with Gasteiger partial charge in [-0.1, -0.05) is 58.1 Å². The smallest absolute Gasteiger partial charge is 0.330 e. The normalized spacial score (nSPS) is 11.1. The van der Waals surface area contributed by atoms with Crippen LogP contribution in [-0.4, -0.2) is 90.4 Å². The molecule has 1 N–H and O–H groups in total. The van der Waals surface area contributed by atoms with Crippen molar-refractivity contribution >= 4 is 5.97 Å². The first kappa shape index (κ1) is 36.0. The van der Waals surface area contributed by atoms with E-state index >= 15 is 0 Å². The third-order valence-electron chi connectivity index (χ3n) is 5.97. The van der Waals surface area contributed by atoms with E-state index in [0.29, 0.717) is 79.3 Å². The summed E-state index contributed by atoms with van der Waals surface area (Å²) in [5, 5.41) is 10.1. The van der Waals surface area contributed by atoms with E-state index in [0.717, 1.165) is 18.1 Å². The van der Waals surface area contributed by atoms with E-state index in [2.05, 4.69) is 19.6 Å². The number of unbranched alkanes of at least 4 members (excludes halogenated alkanes) is 6. The third kappa shape index (κ3) is 21.8. The summed E-state index contributed by atoms with van der Waals surface area (Å²) in [4.78, 5) is 10.8. The van der Waals surface area contributed by atoms with Gasteiger partial charge in [0.2, 0.25) is 0 Å². The molecule has 0 aliphatic carbocycles. The minimum absolute atomic E-state index is 0.201. The Bertz CT molecular complexity index is 742. The molecule has 230 valence electrons. The van der Waals surface area contributed by atoms with E-state index < -0.39 is 5.97 Å². The third-order valence-corrected chi connectivity index (χ3v) is 5.97. The quantitative estimate of drug-likeness (QED) is 0.0811. The monoisotopic (exact) mass is 568 g/mol. The lowest BCUT2D eigenvalue weighted by molar-refractivity contribution is -0.139. The summed E-state index contributed by atoms with van der Waals surface area (Å²) in [5.41, 5.74) is 2.08. The molecule has 40 heavy (non-hydrogen) atoms. The fourth-order valence-electron chi connectivity index (χ4n) is 3.74. The molecule has 0 saturated carbocycles. The highest BCUT2D eigenvalue weighted by Gasteiger charge is 2.04. The lowest BCUT2D eigenvalue weighted by Crippen LogP contribution is -2.14. The molecule has 0 heterocycles. The van der Waals surface area contributed by atoms with Crippen LogP contribution in [0.25, 0.3) is 0 Å². The van der Waals surface area contributed by atoms with Crippen LogP contribution in [0.4, 0.5) is 0 Å². The predicted molar refractivity (Wildman–Crippen MR) is 155 cm³/mol. The fraction of sp³-hybridized carbons (Fsp3) is 0.710. The largest absolute Gasteiger partial charge is 0.508 e. The van der Waals surface area contributed by atoms with Gasteiger partial charge in [0, 0.05) is 11.6 Å².